The van der Waals surface area contributed by atoms with Crippen LogP contribution in [0, 0.1) is 0 Å². The number of rotatable bonds is 8. The van der Waals surface area contributed by atoms with Gasteiger partial charge in [0.05, 0.1) is 11.4 Å². The normalized spacial score (nSPS) is 19.9. The maximum atomic E-state index is 13.7. The number of hydrogen-bond donors (Lipinski definition) is 3. The van der Waals surface area contributed by atoms with E-state index in [4.69, 9.17) is 11.6 Å². The van der Waals surface area contributed by atoms with E-state index in [1.165, 1.54) is 4.90 Å². The number of amides is 2. The summed E-state index contributed by atoms with van der Waals surface area (Å²) in [5.74, 6) is -0.300. The molecule has 1 aliphatic rings. The van der Waals surface area contributed by atoms with Gasteiger partial charge in [0.1, 0.15) is 5.54 Å². The van der Waals surface area contributed by atoms with Crippen molar-refractivity contribution >= 4 is 34.5 Å². The Kier molecular flexibility index (Phi) is 7.47. The zero-order valence-corrected chi connectivity index (χ0v) is 20.2. The summed E-state index contributed by atoms with van der Waals surface area (Å²) in [4.78, 5) is 31.0. The standard InChI is InChI=1S/C27H32ClN3O3/c1-27(17-20-18-30-23-13-7-5-11-21(20)23,25(32)29-16-15-19-9-3-2-4-10-19)31(26(33)34)24-14-8-6-12-22(24)28/h2-5,7,9-11,13,18,22,24,30H,6,8,12,14-17H2,1H3,(H,29,32)(H,33,34)/t22-,24-,27?/m1/s1. The van der Waals surface area contributed by atoms with Crippen LogP contribution in [0.15, 0.2) is 60.8 Å². The molecule has 1 aliphatic carbocycles. The van der Waals surface area contributed by atoms with E-state index in [-0.39, 0.29) is 17.7 Å². The van der Waals surface area contributed by atoms with Gasteiger partial charge in [0.25, 0.3) is 0 Å². The fourth-order valence-electron chi connectivity index (χ4n) is 5.15. The molecule has 7 heteroatoms. The van der Waals surface area contributed by atoms with Gasteiger partial charge in [-0.05, 0) is 43.4 Å². The van der Waals surface area contributed by atoms with Crippen molar-refractivity contribution in [3.8, 4) is 0 Å². The Labute approximate surface area is 205 Å². The minimum Gasteiger partial charge on any atom is -0.465 e. The molecule has 0 saturated heterocycles. The first-order valence-electron chi connectivity index (χ1n) is 11.9. The second-order valence-corrected chi connectivity index (χ2v) is 9.88. The molecule has 1 fully saturated rings. The fourth-order valence-corrected chi connectivity index (χ4v) is 5.55. The smallest absolute Gasteiger partial charge is 0.408 e. The van der Waals surface area contributed by atoms with Gasteiger partial charge in [0, 0.05) is 30.1 Å². The Morgan fingerprint density at radius 2 is 1.82 bits per heavy atom. The molecule has 0 spiro atoms. The summed E-state index contributed by atoms with van der Waals surface area (Å²) in [6.07, 6.45) is 4.95. The molecule has 6 nitrogen and oxygen atoms in total. The molecule has 3 N–H and O–H groups in total. The third kappa shape index (κ3) is 5.07. The lowest BCUT2D eigenvalue weighted by Gasteiger charge is -2.45. The number of aromatic nitrogens is 1. The summed E-state index contributed by atoms with van der Waals surface area (Å²) in [6, 6.07) is 17.4. The monoisotopic (exact) mass is 481 g/mol. The molecule has 0 bridgehead atoms. The number of para-hydroxylation sites is 1. The van der Waals surface area contributed by atoms with Gasteiger partial charge in [-0.15, -0.1) is 11.6 Å². The van der Waals surface area contributed by atoms with Crippen LogP contribution in [0.25, 0.3) is 10.9 Å². The maximum Gasteiger partial charge on any atom is 0.408 e. The Morgan fingerprint density at radius 1 is 1.12 bits per heavy atom. The number of benzene rings is 2. The molecule has 1 aromatic heterocycles. The molecular formula is C27H32ClN3O3. The molecule has 3 atom stereocenters. The number of nitrogens with one attached hydrogen (secondary N) is 2. The molecule has 2 aromatic carbocycles. The van der Waals surface area contributed by atoms with Crippen LogP contribution in [0.5, 0.6) is 0 Å². The number of aromatic amines is 1. The average molecular weight is 482 g/mol. The molecule has 180 valence electrons. The van der Waals surface area contributed by atoms with Crippen molar-refractivity contribution in [2.45, 2.75) is 62.4 Å². The number of alkyl halides is 1. The first-order valence-corrected chi connectivity index (χ1v) is 12.4. The van der Waals surface area contributed by atoms with E-state index in [0.29, 0.717) is 19.4 Å². The van der Waals surface area contributed by atoms with Crippen molar-refractivity contribution in [2.24, 2.45) is 0 Å². The van der Waals surface area contributed by atoms with Gasteiger partial charge in [-0.3, -0.25) is 9.69 Å². The molecule has 2 amide bonds. The van der Waals surface area contributed by atoms with E-state index < -0.39 is 17.7 Å². The maximum absolute atomic E-state index is 13.7. The number of fused-ring (bicyclic) bond motifs is 1. The van der Waals surface area contributed by atoms with Crippen molar-refractivity contribution in [1.82, 2.24) is 15.2 Å². The number of hydrogen-bond acceptors (Lipinski definition) is 2. The summed E-state index contributed by atoms with van der Waals surface area (Å²) < 4.78 is 0. The first kappa shape index (κ1) is 24.1. The van der Waals surface area contributed by atoms with Crippen LogP contribution in [0.4, 0.5) is 4.79 Å². The zero-order valence-electron chi connectivity index (χ0n) is 19.5. The predicted molar refractivity (Wildman–Crippen MR) is 135 cm³/mol. The van der Waals surface area contributed by atoms with Gasteiger partial charge >= 0.3 is 6.09 Å². The fraction of sp³-hybridized carbons (Fsp3) is 0.407. The SMILES string of the molecule is CC(Cc1c[nH]c2ccccc12)(C(=O)NCCc1ccccc1)N(C(=O)O)[C@@H]1CCCC[C@H]1Cl. The van der Waals surface area contributed by atoms with E-state index in [9.17, 15) is 14.7 Å². The minimum atomic E-state index is -1.32. The highest BCUT2D eigenvalue weighted by Crippen LogP contribution is 2.35. The van der Waals surface area contributed by atoms with Crippen molar-refractivity contribution in [2.75, 3.05) is 6.54 Å². The van der Waals surface area contributed by atoms with Crippen molar-refractivity contribution in [1.29, 1.82) is 0 Å². The van der Waals surface area contributed by atoms with E-state index in [0.717, 1.165) is 41.3 Å². The summed E-state index contributed by atoms with van der Waals surface area (Å²) in [7, 11) is 0. The molecule has 3 aromatic rings. The zero-order chi connectivity index (χ0) is 24.1. The lowest BCUT2D eigenvalue weighted by molar-refractivity contribution is -0.133. The molecule has 34 heavy (non-hydrogen) atoms. The van der Waals surface area contributed by atoms with Gasteiger partial charge in [-0.25, -0.2) is 4.79 Å². The Hall–Kier alpha value is -2.99. The third-order valence-electron chi connectivity index (χ3n) is 6.96. The van der Waals surface area contributed by atoms with Crippen molar-refractivity contribution in [3.63, 3.8) is 0 Å². The number of carbonyl (C=O) groups excluding carboxylic acids is 1. The quantitative estimate of drug-likeness (QED) is 0.379. The largest absolute Gasteiger partial charge is 0.465 e. The number of H-pyrrole nitrogens is 1. The van der Waals surface area contributed by atoms with Gasteiger partial charge in [-0.1, -0.05) is 61.4 Å². The molecule has 0 aliphatic heterocycles. The van der Waals surface area contributed by atoms with Crippen LogP contribution in [-0.2, 0) is 17.6 Å². The van der Waals surface area contributed by atoms with E-state index in [1.807, 2.05) is 60.8 Å². The molecule has 4 rings (SSSR count). The van der Waals surface area contributed by atoms with Gasteiger partial charge < -0.3 is 15.4 Å². The Morgan fingerprint density at radius 3 is 2.56 bits per heavy atom. The average Bonchev–Trinajstić information content (AvgIpc) is 3.23. The van der Waals surface area contributed by atoms with E-state index in [2.05, 4.69) is 10.3 Å². The highest BCUT2D eigenvalue weighted by Gasteiger charge is 2.48. The van der Waals surface area contributed by atoms with Gasteiger partial charge in [-0.2, -0.15) is 0 Å². The van der Waals surface area contributed by atoms with Crippen LogP contribution in [0.1, 0.15) is 43.7 Å². The number of nitrogens with zero attached hydrogens (tertiary/aromatic N) is 1. The third-order valence-corrected chi connectivity index (χ3v) is 7.47. The van der Waals surface area contributed by atoms with Gasteiger partial charge in [0.2, 0.25) is 5.91 Å². The molecule has 1 saturated carbocycles. The number of carboxylic acid groups (broad SMARTS) is 1. The number of halogens is 1. The van der Waals surface area contributed by atoms with Crippen LogP contribution in [0.3, 0.4) is 0 Å². The highest BCUT2D eigenvalue weighted by molar-refractivity contribution is 6.21. The lowest BCUT2D eigenvalue weighted by Crippen LogP contribution is -2.65. The Balaban J connectivity index is 1.65. The summed E-state index contributed by atoms with van der Waals surface area (Å²) >= 11 is 6.65. The summed E-state index contributed by atoms with van der Waals surface area (Å²) in [5.41, 5.74) is 1.66. The molecule has 1 heterocycles. The second-order valence-electron chi connectivity index (χ2n) is 9.32. The van der Waals surface area contributed by atoms with E-state index in [1.54, 1.807) is 6.92 Å². The van der Waals surface area contributed by atoms with Crippen molar-refractivity contribution in [3.05, 3.63) is 71.9 Å². The summed E-state index contributed by atoms with van der Waals surface area (Å²) in [6.45, 7) is 2.16. The highest BCUT2D eigenvalue weighted by atomic mass is 35.5. The lowest BCUT2D eigenvalue weighted by atomic mass is 9.84. The Bertz CT molecular complexity index is 1130. The number of carbonyl (C=O) groups is 2. The summed E-state index contributed by atoms with van der Waals surface area (Å²) in [5, 5.41) is 14.0. The topological polar surface area (TPSA) is 85.4 Å². The van der Waals surface area contributed by atoms with Crippen LogP contribution in [-0.4, -0.2) is 50.5 Å². The first-order chi connectivity index (χ1) is 16.4. The molecule has 1 unspecified atom stereocenters. The molecule has 0 radical (unpaired) electrons. The van der Waals surface area contributed by atoms with Crippen LogP contribution < -0.4 is 5.32 Å². The van der Waals surface area contributed by atoms with Gasteiger partial charge in [0.15, 0.2) is 0 Å². The van der Waals surface area contributed by atoms with Crippen LogP contribution >= 0.6 is 11.6 Å². The second kappa shape index (κ2) is 10.5. The molecular weight excluding hydrogens is 450 g/mol. The predicted octanol–water partition coefficient (Wildman–Crippen LogP) is 5.36. The van der Waals surface area contributed by atoms with E-state index >= 15 is 0 Å². The minimum absolute atomic E-state index is 0.251. The van der Waals surface area contributed by atoms with Crippen LogP contribution in [0.2, 0.25) is 0 Å². The van der Waals surface area contributed by atoms with Crippen molar-refractivity contribution < 1.29 is 14.7 Å².